The zero-order chi connectivity index (χ0) is 20.9. The molecule has 0 saturated heterocycles. The summed E-state index contributed by atoms with van der Waals surface area (Å²) in [4.78, 5) is 17.3. The van der Waals surface area contributed by atoms with Crippen LogP contribution in [0.4, 0.5) is 0 Å². The Hall–Kier alpha value is -4.06. The first-order valence-electron chi connectivity index (χ1n) is 9.34. The van der Waals surface area contributed by atoms with E-state index in [0.29, 0.717) is 39.7 Å². The highest BCUT2D eigenvalue weighted by molar-refractivity contribution is 6.01. The lowest BCUT2D eigenvalue weighted by atomic mass is 10.1. The fraction of sp³-hybridized carbons (Fsp3) is 0.0833. The Kier molecular flexibility index (Phi) is 5.48. The molecule has 4 rings (SSSR count). The number of amides is 1. The maximum atomic E-state index is 12.8. The van der Waals surface area contributed by atoms with Crippen LogP contribution in [0.5, 0.6) is 11.5 Å². The molecule has 0 aliphatic rings. The van der Waals surface area contributed by atoms with Crippen LogP contribution in [0.2, 0.25) is 0 Å². The second kappa shape index (κ2) is 8.53. The molecule has 0 bridgehead atoms. The molecule has 0 aliphatic heterocycles. The summed E-state index contributed by atoms with van der Waals surface area (Å²) in [6.07, 6.45) is 1.79. The van der Waals surface area contributed by atoms with Crippen LogP contribution in [0.15, 0.2) is 77.2 Å². The van der Waals surface area contributed by atoms with Crippen molar-refractivity contribution in [2.24, 2.45) is 0 Å². The molecular weight excluding hydrogens is 380 g/mol. The second-order valence-corrected chi connectivity index (χ2v) is 6.48. The lowest BCUT2D eigenvalue weighted by Crippen LogP contribution is -2.22. The summed E-state index contributed by atoms with van der Waals surface area (Å²) in [6.45, 7) is 0. The average molecular weight is 400 g/mol. The Morgan fingerprint density at radius 1 is 0.933 bits per heavy atom. The highest BCUT2D eigenvalue weighted by Crippen LogP contribution is 2.29. The van der Waals surface area contributed by atoms with Crippen molar-refractivity contribution >= 4 is 28.8 Å². The zero-order valence-corrected chi connectivity index (χ0v) is 16.6. The number of oxazole rings is 1. The number of para-hydroxylation sites is 2. The normalized spacial score (nSPS) is 11.3. The van der Waals surface area contributed by atoms with E-state index in [1.807, 2.05) is 54.6 Å². The van der Waals surface area contributed by atoms with E-state index >= 15 is 0 Å². The first-order valence-corrected chi connectivity index (χ1v) is 9.34. The van der Waals surface area contributed by atoms with Gasteiger partial charge < -0.3 is 19.2 Å². The van der Waals surface area contributed by atoms with Gasteiger partial charge in [0.1, 0.15) is 11.2 Å². The van der Waals surface area contributed by atoms with Gasteiger partial charge in [0.2, 0.25) is 5.89 Å². The van der Waals surface area contributed by atoms with E-state index in [9.17, 15) is 4.79 Å². The number of nitrogens with zero attached hydrogens (tertiary/aromatic N) is 1. The molecule has 0 saturated carbocycles. The molecule has 1 amide bonds. The predicted octanol–water partition coefficient (Wildman–Crippen LogP) is 4.77. The molecular formula is C24H20N2O4. The summed E-state index contributed by atoms with van der Waals surface area (Å²) >= 11 is 0. The van der Waals surface area contributed by atoms with Gasteiger partial charge in [-0.05, 0) is 48.0 Å². The van der Waals surface area contributed by atoms with Crippen LogP contribution in [0.3, 0.4) is 0 Å². The summed E-state index contributed by atoms with van der Waals surface area (Å²) < 4.78 is 16.6. The van der Waals surface area contributed by atoms with Gasteiger partial charge >= 0.3 is 0 Å². The molecule has 1 N–H and O–H groups in total. The summed E-state index contributed by atoms with van der Waals surface area (Å²) in [5.41, 5.74) is 3.11. The highest BCUT2D eigenvalue weighted by atomic mass is 16.5. The maximum absolute atomic E-state index is 12.8. The number of rotatable bonds is 6. The molecule has 4 aromatic rings. The summed E-state index contributed by atoms with van der Waals surface area (Å²) in [5, 5.41) is 2.92. The molecule has 30 heavy (non-hydrogen) atoms. The number of methoxy groups -OCH3 is 2. The van der Waals surface area contributed by atoms with Crippen LogP contribution >= 0.6 is 0 Å². The Balaban J connectivity index is 1.76. The SMILES string of the molecule is COc1ccc(C=C(NC(=O)c2ccccc2)c2nc3ccccc3o2)cc1OC. The summed E-state index contributed by atoms with van der Waals surface area (Å²) in [5.74, 6) is 1.25. The first kappa shape index (κ1) is 19.3. The first-order chi connectivity index (χ1) is 14.7. The number of ether oxygens (including phenoxy) is 2. The van der Waals surface area contributed by atoms with Crippen LogP contribution in [0.1, 0.15) is 21.8 Å². The molecule has 6 nitrogen and oxygen atoms in total. The smallest absolute Gasteiger partial charge is 0.255 e. The zero-order valence-electron chi connectivity index (χ0n) is 16.6. The van der Waals surface area contributed by atoms with Gasteiger partial charge in [-0.2, -0.15) is 0 Å². The van der Waals surface area contributed by atoms with Crippen LogP contribution in [0, 0.1) is 0 Å². The third kappa shape index (κ3) is 4.03. The third-order valence-electron chi connectivity index (χ3n) is 4.53. The Labute approximate surface area is 173 Å². The van der Waals surface area contributed by atoms with Gasteiger partial charge in [-0.25, -0.2) is 4.98 Å². The molecule has 1 heterocycles. The van der Waals surface area contributed by atoms with Gasteiger partial charge in [0, 0.05) is 5.56 Å². The van der Waals surface area contributed by atoms with Gasteiger partial charge in [-0.15, -0.1) is 0 Å². The monoisotopic (exact) mass is 400 g/mol. The number of carbonyl (C=O) groups excluding carboxylic acids is 1. The third-order valence-corrected chi connectivity index (χ3v) is 4.53. The lowest BCUT2D eigenvalue weighted by molar-refractivity contribution is 0.0973. The Bertz CT molecular complexity index is 1180. The minimum Gasteiger partial charge on any atom is -0.493 e. The predicted molar refractivity (Wildman–Crippen MR) is 115 cm³/mol. The molecule has 150 valence electrons. The van der Waals surface area contributed by atoms with E-state index in [1.165, 1.54) is 0 Å². The van der Waals surface area contributed by atoms with E-state index in [-0.39, 0.29) is 5.91 Å². The Morgan fingerprint density at radius 3 is 2.40 bits per heavy atom. The van der Waals surface area contributed by atoms with Crippen molar-refractivity contribution in [3.05, 3.63) is 89.8 Å². The van der Waals surface area contributed by atoms with E-state index in [4.69, 9.17) is 13.9 Å². The largest absolute Gasteiger partial charge is 0.493 e. The number of fused-ring (bicyclic) bond motifs is 1. The summed E-state index contributed by atoms with van der Waals surface area (Å²) in [7, 11) is 3.15. The van der Waals surface area contributed by atoms with Crippen LogP contribution in [0.25, 0.3) is 22.9 Å². The average Bonchev–Trinajstić information content (AvgIpc) is 3.23. The van der Waals surface area contributed by atoms with E-state index in [1.54, 1.807) is 38.5 Å². The highest BCUT2D eigenvalue weighted by Gasteiger charge is 2.16. The maximum Gasteiger partial charge on any atom is 0.255 e. The summed E-state index contributed by atoms with van der Waals surface area (Å²) in [6, 6.07) is 21.9. The minimum atomic E-state index is -0.260. The van der Waals surface area contributed by atoms with Crippen molar-refractivity contribution in [3.8, 4) is 11.5 Å². The van der Waals surface area contributed by atoms with Gasteiger partial charge in [0.05, 0.1) is 14.2 Å². The van der Waals surface area contributed by atoms with E-state index in [0.717, 1.165) is 5.56 Å². The van der Waals surface area contributed by atoms with Crippen molar-refractivity contribution in [1.82, 2.24) is 10.3 Å². The van der Waals surface area contributed by atoms with E-state index < -0.39 is 0 Å². The molecule has 0 aliphatic carbocycles. The topological polar surface area (TPSA) is 73.6 Å². The van der Waals surface area contributed by atoms with Crippen molar-refractivity contribution < 1.29 is 18.7 Å². The number of carbonyl (C=O) groups is 1. The van der Waals surface area contributed by atoms with Crippen molar-refractivity contribution in [2.75, 3.05) is 14.2 Å². The molecule has 0 spiro atoms. The quantitative estimate of drug-likeness (QED) is 0.505. The van der Waals surface area contributed by atoms with Gasteiger partial charge in [0.25, 0.3) is 5.91 Å². The second-order valence-electron chi connectivity index (χ2n) is 6.48. The lowest BCUT2D eigenvalue weighted by Gasteiger charge is -2.10. The number of nitrogens with one attached hydrogen (secondary N) is 1. The minimum absolute atomic E-state index is 0.260. The number of hydrogen-bond donors (Lipinski definition) is 1. The van der Waals surface area contributed by atoms with E-state index in [2.05, 4.69) is 10.3 Å². The van der Waals surface area contributed by atoms with Crippen LogP contribution < -0.4 is 14.8 Å². The fourth-order valence-electron chi connectivity index (χ4n) is 3.03. The standard InChI is InChI=1S/C24H20N2O4/c1-28-21-13-12-16(15-22(21)29-2)14-19(25-23(27)17-8-4-3-5-9-17)24-26-18-10-6-7-11-20(18)30-24/h3-15H,1-2H3,(H,25,27). The number of aromatic nitrogens is 1. The molecule has 3 aromatic carbocycles. The molecule has 0 radical (unpaired) electrons. The van der Waals surface area contributed by atoms with Crippen molar-refractivity contribution in [2.45, 2.75) is 0 Å². The van der Waals surface area contributed by atoms with Crippen LogP contribution in [-0.4, -0.2) is 25.1 Å². The molecule has 0 unspecified atom stereocenters. The molecule has 0 fully saturated rings. The van der Waals surface area contributed by atoms with Gasteiger partial charge in [-0.1, -0.05) is 36.4 Å². The fourth-order valence-corrected chi connectivity index (χ4v) is 3.03. The molecule has 1 aromatic heterocycles. The van der Waals surface area contributed by atoms with Gasteiger partial charge in [-0.3, -0.25) is 4.79 Å². The Morgan fingerprint density at radius 2 is 1.67 bits per heavy atom. The van der Waals surface area contributed by atoms with Crippen LogP contribution in [-0.2, 0) is 0 Å². The molecule has 0 atom stereocenters. The van der Waals surface area contributed by atoms with Gasteiger partial charge in [0.15, 0.2) is 17.1 Å². The van der Waals surface area contributed by atoms with Crippen molar-refractivity contribution in [1.29, 1.82) is 0 Å². The molecule has 6 heteroatoms. The number of benzene rings is 3. The number of hydrogen-bond acceptors (Lipinski definition) is 5. The van der Waals surface area contributed by atoms with Crippen molar-refractivity contribution in [3.63, 3.8) is 0 Å².